The summed E-state index contributed by atoms with van der Waals surface area (Å²) in [5.41, 5.74) is -0.247. The molecule has 3 rings (SSSR count). The highest BCUT2D eigenvalue weighted by Gasteiger charge is 2.59. The van der Waals surface area contributed by atoms with Gasteiger partial charge in [0.15, 0.2) is 17.7 Å². The second-order valence-corrected chi connectivity index (χ2v) is 10.6. The lowest BCUT2D eigenvalue weighted by Gasteiger charge is -2.23. The summed E-state index contributed by atoms with van der Waals surface area (Å²) in [6, 6.07) is -1.07. The molecule has 2 aliphatic carbocycles. The maximum atomic E-state index is 12.8. The van der Waals surface area contributed by atoms with Crippen molar-refractivity contribution in [3.63, 3.8) is 0 Å². The van der Waals surface area contributed by atoms with E-state index in [2.05, 4.69) is 30.6 Å². The van der Waals surface area contributed by atoms with Crippen molar-refractivity contribution in [2.75, 3.05) is 0 Å². The van der Waals surface area contributed by atoms with Gasteiger partial charge in [0, 0.05) is 24.5 Å². The second-order valence-electron chi connectivity index (χ2n) is 10.6. The molecule has 0 spiro atoms. The molecule has 9 heteroatoms. The lowest BCUT2D eigenvalue weighted by molar-refractivity contribution is -0.129. The highest BCUT2D eigenvalue weighted by atomic mass is 16.6. The van der Waals surface area contributed by atoms with E-state index in [0.717, 1.165) is 24.8 Å². The smallest absolute Gasteiger partial charge is 0.251 e. The molecule has 0 aromatic heterocycles. The highest BCUT2D eigenvalue weighted by Crippen LogP contribution is 2.40. The number of carbonyl (C=O) groups is 5. The number of nitrogens with one attached hydrogen (secondary N) is 2. The summed E-state index contributed by atoms with van der Waals surface area (Å²) in [7, 11) is 0. The summed E-state index contributed by atoms with van der Waals surface area (Å²) < 4.78 is 5.38. The summed E-state index contributed by atoms with van der Waals surface area (Å²) in [6.45, 7) is 7.89. The maximum absolute atomic E-state index is 12.8. The molecule has 0 aromatic carbocycles. The zero-order valence-electron chi connectivity index (χ0n) is 23.4. The molecule has 0 bridgehead atoms. The van der Waals surface area contributed by atoms with Crippen LogP contribution in [0.25, 0.3) is 0 Å². The molecule has 3 aliphatic rings. The largest absolute Gasteiger partial charge is 0.379 e. The molecule has 9 nitrogen and oxygen atoms in total. The number of ether oxygens (including phenoxy) is 1. The molecule has 0 aromatic rings. The first kappa shape index (κ1) is 30.8. The highest BCUT2D eigenvalue weighted by molar-refractivity contribution is 6.14. The Kier molecular flexibility index (Phi) is 10.5. The fourth-order valence-electron chi connectivity index (χ4n) is 4.72. The molecule has 2 amide bonds. The number of epoxide rings is 1. The van der Waals surface area contributed by atoms with Crippen molar-refractivity contribution in [3.8, 4) is 0 Å². The van der Waals surface area contributed by atoms with Crippen LogP contribution >= 0.6 is 0 Å². The summed E-state index contributed by atoms with van der Waals surface area (Å²) in [6.07, 6.45) is 15.9. The molecule has 4 atom stereocenters. The number of ketones is 3. The third-order valence-electron chi connectivity index (χ3n) is 6.95. The van der Waals surface area contributed by atoms with E-state index in [-0.39, 0.29) is 30.1 Å². The van der Waals surface area contributed by atoms with Crippen molar-refractivity contribution in [1.82, 2.24) is 10.6 Å². The first-order chi connectivity index (χ1) is 18.9. The Morgan fingerprint density at radius 3 is 2.48 bits per heavy atom. The SMILES string of the molecule is CCCCC(C)C=C(C)C=C(C)C(=O)NC1=CC(O)(/C=C/C=C/C=C/C(=O)NC2C(=O)CCC2=O)C2OC2C1=O. The summed E-state index contributed by atoms with van der Waals surface area (Å²) >= 11 is 0. The topological polar surface area (TPSA) is 142 Å². The van der Waals surface area contributed by atoms with E-state index >= 15 is 0 Å². The number of amides is 2. The number of hydrogen-bond donors (Lipinski definition) is 3. The van der Waals surface area contributed by atoms with Gasteiger partial charge in [0.1, 0.15) is 17.7 Å². The number of hydrogen-bond acceptors (Lipinski definition) is 7. The van der Waals surface area contributed by atoms with E-state index in [0.29, 0.717) is 11.5 Å². The Balaban J connectivity index is 1.59. The third kappa shape index (κ3) is 8.16. The predicted molar refractivity (Wildman–Crippen MR) is 150 cm³/mol. The molecular formula is C31H38N2O7. The molecule has 1 heterocycles. The van der Waals surface area contributed by atoms with Gasteiger partial charge in [-0.2, -0.15) is 0 Å². The third-order valence-corrected chi connectivity index (χ3v) is 6.95. The molecule has 1 saturated carbocycles. The Hall–Kier alpha value is -3.69. The van der Waals surface area contributed by atoms with Crippen LogP contribution in [0.1, 0.15) is 59.8 Å². The van der Waals surface area contributed by atoms with Crippen LogP contribution < -0.4 is 10.6 Å². The van der Waals surface area contributed by atoms with Crippen molar-refractivity contribution in [2.24, 2.45) is 5.92 Å². The predicted octanol–water partition coefficient (Wildman–Crippen LogP) is 2.87. The van der Waals surface area contributed by atoms with Gasteiger partial charge >= 0.3 is 0 Å². The first-order valence-electron chi connectivity index (χ1n) is 13.7. The fraction of sp³-hybridized carbons (Fsp3) is 0.452. The Bertz CT molecular complexity index is 1220. The molecule has 4 unspecified atom stereocenters. The quantitative estimate of drug-likeness (QED) is 0.147. The Morgan fingerprint density at radius 2 is 1.80 bits per heavy atom. The number of Topliss-reactive ketones (excluding diaryl/α,β-unsaturated/α-hetero) is 3. The van der Waals surface area contributed by atoms with Crippen LogP contribution in [0.4, 0.5) is 0 Å². The minimum Gasteiger partial charge on any atom is -0.379 e. The molecule has 1 saturated heterocycles. The molecule has 2 fully saturated rings. The van der Waals surface area contributed by atoms with Crippen molar-refractivity contribution < 1.29 is 33.8 Å². The molecule has 214 valence electrons. The molecule has 40 heavy (non-hydrogen) atoms. The monoisotopic (exact) mass is 550 g/mol. The minimum atomic E-state index is -1.61. The van der Waals surface area contributed by atoms with E-state index in [1.54, 1.807) is 19.1 Å². The van der Waals surface area contributed by atoms with Gasteiger partial charge in [-0.15, -0.1) is 0 Å². The number of fused-ring (bicyclic) bond motifs is 1. The van der Waals surface area contributed by atoms with Crippen LogP contribution in [0.3, 0.4) is 0 Å². The van der Waals surface area contributed by atoms with Crippen LogP contribution in [0.15, 0.2) is 71.5 Å². The first-order valence-corrected chi connectivity index (χ1v) is 13.7. The normalized spacial score (nSPS) is 26.5. The van der Waals surface area contributed by atoms with Crippen molar-refractivity contribution >= 4 is 29.2 Å². The van der Waals surface area contributed by atoms with Crippen molar-refractivity contribution in [3.05, 3.63) is 71.5 Å². The summed E-state index contributed by atoms with van der Waals surface area (Å²) in [5, 5.41) is 16.1. The average molecular weight is 551 g/mol. The van der Waals surface area contributed by atoms with E-state index in [9.17, 15) is 29.1 Å². The van der Waals surface area contributed by atoms with E-state index in [4.69, 9.17) is 4.74 Å². The number of unbranched alkanes of at least 4 members (excludes halogenated alkanes) is 1. The van der Waals surface area contributed by atoms with Gasteiger partial charge in [-0.1, -0.05) is 68.7 Å². The number of carbonyl (C=O) groups excluding carboxylic acids is 5. The molecule has 0 radical (unpaired) electrons. The van der Waals surface area contributed by atoms with Gasteiger partial charge in [-0.3, -0.25) is 24.0 Å². The number of rotatable bonds is 12. The number of allylic oxidation sites excluding steroid dienone is 7. The van der Waals surface area contributed by atoms with Gasteiger partial charge in [-0.05, 0) is 38.3 Å². The second kappa shape index (κ2) is 13.6. The van der Waals surface area contributed by atoms with Gasteiger partial charge in [0.05, 0.1) is 5.70 Å². The maximum Gasteiger partial charge on any atom is 0.251 e. The van der Waals surface area contributed by atoms with Crippen LogP contribution in [0.2, 0.25) is 0 Å². The zero-order chi connectivity index (χ0) is 29.4. The lowest BCUT2D eigenvalue weighted by atomic mass is 9.88. The van der Waals surface area contributed by atoms with E-state index in [1.165, 1.54) is 36.5 Å². The van der Waals surface area contributed by atoms with Crippen LogP contribution in [0, 0.1) is 5.92 Å². The van der Waals surface area contributed by atoms with Crippen molar-refractivity contribution in [1.29, 1.82) is 0 Å². The van der Waals surface area contributed by atoms with Gasteiger partial charge in [0.25, 0.3) is 5.91 Å². The van der Waals surface area contributed by atoms with E-state index in [1.807, 2.05) is 6.92 Å². The summed E-state index contributed by atoms with van der Waals surface area (Å²) in [5.74, 6) is -1.59. The molecule has 1 aliphatic heterocycles. The Morgan fingerprint density at radius 1 is 1.12 bits per heavy atom. The molecule has 3 N–H and O–H groups in total. The standard InChI is InChI=1S/C31H38N2O7/c1-5-6-11-19(2)16-20(3)17-21(4)30(38)32-22-18-31(39,29-28(40-29)27(22)37)15-10-8-7-9-12-25(36)33-26-23(34)13-14-24(26)35/h7-10,12,15-19,26,28-29,39H,5-6,11,13-14H2,1-4H3,(H,32,38)(H,33,36)/b8-7+,12-9+,15-10+,20-16?,21-17?. The van der Waals surface area contributed by atoms with Gasteiger partial charge < -0.3 is 20.5 Å². The van der Waals surface area contributed by atoms with Crippen LogP contribution in [-0.4, -0.2) is 58.1 Å². The summed E-state index contributed by atoms with van der Waals surface area (Å²) in [4.78, 5) is 60.6. The van der Waals surface area contributed by atoms with Crippen LogP contribution in [0.5, 0.6) is 0 Å². The fourth-order valence-corrected chi connectivity index (χ4v) is 4.72. The lowest BCUT2D eigenvalue weighted by Crippen LogP contribution is -2.42. The number of aliphatic hydroxyl groups is 1. The molecular weight excluding hydrogens is 512 g/mol. The average Bonchev–Trinajstić information content (AvgIpc) is 3.66. The van der Waals surface area contributed by atoms with Crippen LogP contribution in [-0.2, 0) is 28.7 Å². The van der Waals surface area contributed by atoms with Crippen molar-refractivity contribution in [2.45, 2.75) is 83.6 Å². The Labute approximate surface area is 234 Å². The van der Waals surface area contributed by atoms with Gasteiger partial charge in [-0.25, -0.2) is 0 Å². The minimum absolute atomic E-state index is 0.0295. The van der Waals surface area contributed by atoms with Gasteiger partial charge in [0.2, 0.25) is 11.7 Å². The van der Waals surface area contributed by atoms with E-state index < -0.39 is 41.4 Å². The zero-order valence-corrected chi connectivity index (χ0v) is 23.4.